The molecule has 0 aliphatic carbocycles. The molecule has 2 heterocycles. The van der Waals surface area contributed by atoms with Gasteiger partial charge in [-0.15, -0.1) is 0 Å². The fraction of sp³-hybridized carbons (Fsp3) is 0.184. The highest BCUT2D eigenvalue weighted by atomic mass is 16.5. The molecule has 0 radical (unpaired) electrons. The highest BCUT2D eigenvalue weighted by Gasteiger charge is 2.65. The van der Waals surface area contributed by atoms with Gasteiger partial charge in [-0.1, -0.05) is 115 Å². The zero-order valence-electron chi connectivity index (χ0n) is 24.2. The predicted molar refractivity (Wildman–Crippen MR) is 170 cm³/mol. The fourth-order valence-corrected chi connectivity index (χ4v) is 6.76. The summed E-state index contributed by atoms with van der Waals surface area (Å²) in [6.45, 7) is 3.57. The Kier molecular flexibility index (Phi) is 6.75. The Balaban J connectivity index is 1.33. The van der Waals surface area contributed by atoms with Crippen LogP contribution in [0.2, 0.25) is 0 Å². The summed E-state index contributed by atoms with van der Waals surface area (Å²) >= 11 is 0. The summed E-state index contributed by atoms with van der Waals surface area (Å²) in [6.07, 6.45) is 0. The van der Waals surface area contributed by atoms with Crippen LogP contribution in [0.3, 0.4) is 0 Å². The first-order valence-electron chi connectivity index (χ1n) is 14.8. The number of ether oxygens (including phenoxy) is 1. The summed E-state index contributed by atoms with van der Waals surface area (Å²) in [5.41, 5.74) is 3.99. The fourth-order valence-electron chi connectivity index (χ4n) is 6.76. The molecule has 0 bridgehead atoms. The lowest BCUT2D eigenvalue weighted by molar-refractivity contribution is -0.135. The third kappa shape index (κ3) is 4.57. The Labute approximate surface area is 252 Å². The lowest BCUT2D eigenvalue weighted by atomic mass is 9.63. The Hall–Kier alpha value is -4.87. The molecule has 43 heavy (non-hydrogen) atoms. The van der Waals surface area contributed by atoms with Gasteiger partial charge in [0, 0.05) is 36.1 Å². The van der Waals surface area contributed by atoms with Gasteiger partial charge in [0.2, 0.25) is 5.91 Å². The molecule has 5 aromatic carbocycles. The highest BCUT2D eigenvalue weighted by Crippen LogP contribution is 2.57. The van der Waals surface area contributed by atoms with E-state index >= 15 is 0 Å². The molecule has 1 N–H and O–H groups in total. The topological polar surface area (TPSA) is 53.0 Å². The van der Waals surface area contributed by atoms with Gasteiger partial charge < -0.3 is 19.6 Å². The summed E-state index contributed by atoms with van der Waals surface area (Å²) in [7, 11) is 0. The van der Waals surface area contributed by atoms with Gasteiger partial charge in [0.1, 0.15) is 23.4 Å². The molecular weight excluding hydrogens is 532 g/mol. The van der Waals surface area contributed by atoms with Crippen LogP contribution in [0.4, 0.5) is 11.4 Å². The second-order valence-electron chi connectivity index (χ2n) is 11.7. The van der Waals surface area contributed by atoms with Crippen LogP contribution >= 0.6 is 0 Å². The smallest absolute Gasteiger partial charge is 0.245 e. The number of fused-ring (bicyclic) bond motifs is 4. The van der Waals surface area contributed by atoms with Crippen molar-refractivity contribution in [2.45, 2.75) is 37.6 Å². The predicted octanol–water partition coefficient (Wildman–Crippen LogP) is 6.87. The van der Waals surface area contributed by atoms with Crippen molar-refractivity contribution in [3.63, 3.8) is 0 Å². The van der Waals surface area contributed by atoms with Crippen molar-refractivity contribution in [3.8, 4) is 5.75 Å². The first kappa shape index (κ1) is 27.0. The van der Waals surface area contributed by atoms with Gasteiger partial charge in [-0.2, -0.15) is 0 Å². The van der Waals surface area contributed by atoms with Crippen LogP contribution < -0.4 is 14.5 Å². The number of anilines is 2. The lowest BCUT2D eigenvalue weighted by Gasteiger charge is -2.46. The number of benzene rings is 5. The highest BCUT2D eigenvalue weighted by molar-refractivity contribution is 6.12. The Bertz CT molecular complexity index is 1710. The van der Waals surface area contributed by atoms with Gasteiger partial charge in [0.05, 0.1) is 6.54 Å². The Morgan fingerprint density at radius 3 is 1.91 bits per heavy atom. The minimum Gasteiger partial charge on any atom is -0.490 e. The number of hydrogen-bond donors (Lipinski definition) is 1. The number of nitrogens with zero attached hydrogens (tertiary/aromatic N) is 2. The summed E-state index contributed by atoms with van der Waals surface area (Å²) < 4.78 is 6.29. The minimum atomic E-state index is -1.46. The quantitative estimate of drug-likeness (QED) is 0.234. The molecule has 214 valence electrons. The van der Waals surface area contributed by atoms with Crippen LogP contribution in [0.15, 0.2) is 133 Å². The largest absolute Gasteiger partial charge is 0.490 e. The normalized spacial score (nSPS) is 20.4. The van der Waals surface area contributed by atoms with E-state index in [0.717, 1.165) is 22.5 Å². The van der Waals surface area contributed by atoms with Gasteiger partial charge in [-0.25, -0.2) is 0 Å². The van der Waals surface area contributed by atoms with Gasteiger partial charge in [-0.3, -0.25) is 4.79 Å². The van der Waals surface area contributed by atoms with E-state index < -0.39 is 11.0 Å². The van der Waals surface area contributed by atoms with Crippen LogP contribution in [-0.2, 0) is 29.8 Å². The molecule has 0 fully saturated rings. The molecule has 7 rings (SSSR count). The van der Waals surface area contributed by atoms with E-state index in [9.17, 15) is 9.90 Å². The number of hydrogen-bond acceptors (Lipinski definition) is 4. The average molecular weight is 567 g/mol. The van der Waals surface area contributed by atoms with E-state index in [0.29, 0.717) is 30.9 Å². The van der Waals surface area contributed by atoms with Crippen LogP contribution in [-0.4, -0.2) is 23.2 Å². The van der Waals surface area contributed by atoms with Crippen LogP contribution in [0.5, 0.6) is 5.75 Å². The van der Waals surface area contributed by atoms with Gasteiger partial charge in [0.25, 0.3) is 0 Å². The maximum absolute atomic E-state index is 14.7. The molecule has 2 aliphatic heterocycles. The molecule has 1 amide bonds. The number of amides is 1. The molecule has 0 saturated heterocycles. The van der Waals surface area contributed by atoms with Crippen molar-refractivity contribution in [3.05, 3.63) is 161 Å². The van der Waals surface area contributed by atoms with Crippen LogP contribution in [0, 0.1) is 0 Å². The minimum absolute atomic E-state index is 0.0000745. The second-order valence-corrected chi connectivity index (χ2v) is 11.7. The maximum atomic E-state index is 14.7. The molecule has 2 atom stereocenters. The average Bonchev–Trinajstić information content (AvgIpc) is 3.29. The standard InChI is InChI=1S/C38H34N2O3/c1-37(42)27-43-35-23-31(39(24-28-13-5-2-6-14-28)25-29-15-7-3-8-16-29)21-22-33(35)38(37)32-19-11-12-20-34(32)40(36(38)41)26-30-17-9-4-10-18-30/h2-23,42H,24-27H2,1H3/t37-,38-/m1/s1. The van der Waals surface area contributed by atoms with Crippen molar-refractivity contribution in [2.24, 2.45) is 0 Å². The molecular formula is C38H34N2O3. The van der Waals surface area contributed by atoms with Gasteiger partial charge in [-0.05, 0) is 41.3 Å². The number of rotatable bonds is 7. The molecule has 5 aromatic rings. The Morgan fingerprint density at radius 1 is 0.721 bits per heavy atom. The summed E-state index contributed by atoms with van der Waals surface area (Å²) in [4.78, 5) is 18.9. The lowest BCUT2D eigenvalue weighted by Crippen LogP contribution is -2.61. The van der Waals surface area contributed by atoms with Crippen molar-refractivity contribution in [1.29, 1.82) is 0 Å². The van der Waals surface area contributed by atoms with E-state index in [1.54, 1.807) is 6.92 Å². The molecule has 0 saturated carbocycles. The SMILES string of the molecule is C[C@@]1(O)COc2cc(N(Cc3ccccc3)Cc3ccccc3)ccc2[C@]12C(=O)N(Cc1ccccc1)c1ccccc12. The van der Waals surface area contributed by atoms with Crippen molar-refractivity contribution >= 4 is 17.3 Å². The zero-order chi connectivity index (χ0) is 29.4. The number of carbonyl (C=O) groups is 1. The zero-order valence-corrected chi connectivity index (χ0v) is 24.2. The summed E-state index contributed by atoms with van der Waals surface area (Å²) in [6, 6.07) is 44.7. The summed E-state index contributed by atoms with van der Waals surface area (Å²) in [5.74, 6) is 0.491. The number of para-hydroxylation sites is 1. The third-order valence-corrected chi connectivity index (χ3v) is 8.83. The summed E-state index contributed by atoms with van der Waals surface area (Å²) in [5, 5.41) is 12.1. The van der Waals surface area contributed by atoms with Gasteiger partial charge in [0.15, 0.2) is 0 Å². The first-order chi connectivity index (χ1) is 21.0. The van der Waals surface area contributed by atoms with Crippen molar-refractivity contribution in [2.75, 3.05) is 16.4 Å². The van der Waals surface area contributed by atoms with E-state index in [1.165, 1.54) is 11.1 Å². The number of carbonyl (C=O) groups excluding carboxylic acids is 1. The molecule has 5 heteroatoms. The van der Waals surface area contributed by atoms with E-state index in [-0.39, 0.29) is 12.5 Å². The molecule has 5 nitrogen and oxygen atoms in total. The molecule has 0 unspecified atom stereocenters. The maximum Gasteiger partial charge on any atom is 0.245 e. The second kappa shape index (κ2) is 10.8. The molecule has 2 aliphatic rings. The van der Waals surface area contributed by atoms with Crippen molar-refractivity contribution in [1.82, 2.24) is 0 Å². The van der Waals surface area contributed by atoms with E-state index in [4.69, 9.17) is 4.74 Å². The van der Waals surface area contributed by atoms with Gasteiger partial charge >= 0.3 is 0 Å². The van der Waals surface area contributed by atoms with E-state index in [2.05, 4.69) is 59.5 Å². The van der Waals surface area contributed by atoms with Crippen LogP contribution in [0.25, 0.3) is 0 Å². The first-order valence-corrected chi connectivity index (χ1v) is 14.8. The monoisotopic (exact) mass is 566 g/mol. The molecule has 0 aromatic heterocycles. The third-order valence-electron chi connectivity index (χ3n) is 8.83. The van der Waals surface area contributed by atoms with Crippen molar-refractivity contribution < 1.29 is 14.6 Å². The molecule has 1 spiro atoms. The number of aliphatic hydroxyl groups is 1. The Morgan fingerprint density at radius 2 is 1.28 bits per heavy atom. The van der Waals surface area contributed by atoms with E-state index in [1.807, 2.05) is 83.8 Å². The van der Waals surface area contributed by atoms with Crippen LogP contribution in [0.1, 0.15) is 34.7 Å².